The molecule has 11 heteroatoms. The van der Waals surface area contributed by atoms with Gasteiger partial charge in [-0.1, -0.05) is 50.2 Å². The summed E-state index contributed by atoms with van der Waals surface area (Å²) in [6, 6.07) is 15.8. The molecule has 49 heavy (non-hydrogen) atoms. The molecule has 3 N–H and O–H groups in total. The molecule has 4 heterocycles. The number of aliphatic hydroxyl groups is 1. The molecule has 3 aromatic heterocycles. The molecular weight excluding hydrogens is 620 g/mol. The van der Waals surface area contributed by atoms with Gasteiger partial charge in [-0.05, 0) is 67.0 Å². The fourth-order valence-corrected chi connectivity index (χ4v) is 6.16. The van der Waals surface area contributed by atoms with Crippen molar-refractivity contribution in [1.82, 2.24) is 30.5 Å². The van der Waals surface area contributed by atoms with Crippen LogP contribution in [0.2, 0.25) is 0 Å². The third-order valence-corrected chi connectivity index (χ3v) is 8.80. The molecular formula is C38H42N6O5. The Hall–Kier alpha value is -5.13. The molecule has 3 atom stereocenters. The molecule has 0 aliphatic carbocycles. The highest BCUT2D eigenvalue weighted by Crippen LogP contribution is 2.33. The van der Waals surface area contributed by atoms with Crippen molar-refractivity contribution in [2.45, 2.75) is 70.7 Å². The highest BCUT2D eigenvalue weighted by atomic mass is 16.3. The number of aryl methyl sites for hydroxylation is 1. The maximum absolute atomic E-state index is 14.0. The minimum atomic E-state index is -0.920. The summed E-state index contributed by atoms with van der Waals surface area (Å²) in [7, 11) is 0. The van der Waals surface area contributed by atoms with Crippen molar-refractivity contribution in [1.29, 1.82) is 0 Å². The quantitative estimate of drug-likeness (QED) is 0.146. The summed E-state index contributed by atoms with van der Waals surface area (Å²) in [5.41, 5.74) is 4.92. The van der Waals surface area contributed by atoms with Crippen LogP contribution in [0.15, 0.2) is 94.5 Å². The molecule has 1 saturated heterocycles. The van der Waals surface area contributed by atoms with E-state index in [9.17, 15) is 14.7 Å². The first kappa shape index (κ1) is 33.8. The molecule has 5 aromatic rings. The largest absolute Gasteiger partial charge is 0.446 e. The van der Waals surface area contributed by atoms with E-state index in [4.69, 9.17) is 8.83 Å². The average Bonchev–Trinajstić information content (AvgIpc) is 3.91. The summed E-state index contributed by atoms with van der Waals surface area (Å²) >= 11 is 0. The van der Waals surface area contributed by atoms with E-state index in [1.165, 1.54) is 12.5 Å². The number of aromatic nitrogens is 3. The normalized spacial score (nSPS) is 15.8. The van der Waals surface area contributed by atoms with Crippen molar-refractivity contribution < 1.29 is 23.5 Å². The summed E-state index contributed by atoms with van der Waals surface area (Å²) in [6.45, 7) is 7.38. The van der Waals surface area contributed by atoms with Gasteiger partial charge in [0.25, 0.3) is 11.8 Å². The third kappa shape index (κ3) is 8.30. The van der Waals surface area contributed by atoms with Gasteiger partial charge in [-0.25, -0.2) is 9.97 Å². The summed E-state index contributed by atoms with van der Waals surface area (Å²) in [6.07, 6.45) is 9.22. The molecule has 0 bridgehead atoms. The molecule has 1 aliphatic rings. The Bertz CT molecular complexity index is 1860. The van der Waals surface area contributed by atoms with Crippen LogP contribution in [0.5, 0.6) is 0 Å². The maximum Gasteiger partial charge on any atom is 0.254 e. The first-order valence-corrected chi connectivity index (χ1v) is 16.7. The molecule has 0 saturated carbocycles. The zero-order valence-corrected chi connectivity index (χ0v) is 28.0. The fraction of sp³-hybridized carbons (Fsp3) is 0.342. The Morgan fingerprint density at radius 2 is 1.86 bits per heavy atom. The van der Waals surface area contributed by atoms with E-state index in [0.717, 1.165) is 35.2 Å². The topological polar surface area (TPSA) is 147 Å². The number of benzene rings is 2. The number of amides is 2. The molecule has 0 radical (unpaired) electrons. The third-order valence-electron chi connectivity index (χ3n) is 8.80. The Morgan fingerprint density at radius 3 is 2.59 bits per heavy atom. The number of hydrogen-bond acceptors (Lipinski definition) is 9. The van der Waals surface area contributed by atoms with Crippen LogP contribution in [0.25, 0.3) is 11.5 Å². The number of carbonyl (C=O) groups is 2. The van der Waals surface area contributed by atoms with Crippen LogP contribution in [-0.4, -0.2) is 62.0 Å². The Balaban J connectivity index is 1.23. The predicted molar refractivity (Wildman–Crippen MR) is 184 cm³/mol. The van der Waals surface area contributed by atoms with Crippen molar-refractivity contribution in [3.63, 3.8) is 0 Å². The lowest BCUT2D eigenvalue weighted by Gasteiger charge is -2.25. The molecule has 3 unspecified atom stereocenters. The number of carbonyl (C=O) groups excluding carboxylic acids is 2. The van der Waals surface area contributed by atoms with Crippen molar-refractivity contribution in [2.75, 3.05) is 13.1 Å². The van der Waals surface area contributed by atoms with Crippen LogP contribution in [0.3, 0.4) is 0 Å². The summed E-state index contributed by atoms with van der Waals surface area (Å²) in [4.78, 5) is 42.9. The maximum atomic E-state index is 14.0. The molecule has 2 aromatic carbocycles. The standard InChI is InChI=1S/C38H42N6O5/c1-24(2)31-14-27(19-39-21-31)20-40-22-34(45)32(15-26-8-5-4-6-9-26)43-35(46)28-16-29(36-41-11-13-48-36)18-30(17-28)38(47)44-12-7-10-33(44)37-42-25(3)23-49-37/h4-6,8-9,11,13-14,16-19,21,23-24,32-34,40,45H,7,10,12,15,20,22H2,1-3H3,(H,43,46). The van der Waals surface area contributed by atoms with Crippen molar-refractivity contribution in [3.05, 3.63) is 125 Å². The fourth-order valence-electron chi connectivity index (χ4n) is 6.16. The lowest BCUT2D eigenvalue weighted by molar-refractivity contribution is 0.0715. The first-order chi connectivity index (χ1) is 23.7. The highest BCUT2D eigenvalue weighted by molar-refractivity contribution is 6.01. The summed E-state index contributed by atoms with van der Waals surface area (Å²) in [5.74, 6) is 0.460. The molecule has 1 aliphatic heterocycles. The van der Waals surface area contributed by atoms with Gasteiger partial charge < -0.3 is 29.5 Å². The number of rotatable bonds is 13. The molecule has 254 valence electrons. The van der Waals surface area contributed by atoms with Gasteiger partial charge in [-0.15, -0.1) is 0 Å². The monoisotopic (exact) mass is 662 g/mol. The minimum Gasteiger partial charge on any atom is -0.446 e. The molecule has 0 spiro atoms. The van der Waals surface area contributed by atoms with Crippen LogP contribution in [-0.2, 0) is 13.0 Å². The zero-order valence-electron chi connectivity index (χ0n) is 28.0. The van der Waals surface area contributed by atoms with E-state index in [1.807, 2.05) is 49.6 Å². The number of hydrogen-bond donors (Lipinski definition) is 3. The number of aliphatic hydroxyl groups excluding tert-OH is 1. The number of pyridine rings is 1. The van der Waals surface area contributed by atoms with Gasteiger partial charge in [0, 0.05) is 48.7 Å². The van der Waals surface area contributed by atoms with E-state index in [-0.39, 0.29) is 29.9 Å². The van der Waals surface area contributed by atoms with E-state index in [1.54, 1.807) is 29.4 Å². The molecule has 11 nitrogen and oxygen atoms in total. The van der Waals surface area contributed by atoms with Crippen molar-refractivity contribution in [3.8, 4) is 11.5 Å². The Kier molecular flexibility index (Phi) is 10.6. The second kappa shape index (κ2) is 15.4. The van der Waals surface area contributed by atoms with E-state index < -0.39 is 18.1 Å². The second-order valence-electron chi connectivity index (χ2n) is 12.9. The van der Waals surface area contributed by atoms with Gasteiger partial charge in [0.05, 0.1) is 24.0 Å². The number of nitrogens with one attached hydrogen (secondary N) is 2. The van der Waals surface area contributed by atoms with Crippen LogP contribution in [0.4, 0.5) is 0 Å². The van der Waals surface area contributed by atoms with Crippen molar-refractivity contribution in [2.24, 2.45) is 0 Å². The summed E-state index contributed by atoms with van der Waals surface area (Å²) < 4.78 is 11.2. The van der Waals surface area contributed by atoms with Crippen molar-refractivity contribution >= 4 is 11.8 Å². The molecule has 2 amide bonds. The van der Waals surface area contributed by atoms with Gasteiger partial charge in [0.1, 0.15) is 18.6 Å². The lowest BCUT2D eigenvalue weighted by Crippen LogP contribution is -2.48. The van der Waals surface area contributed by atoms with E-state index in [2.05, 4.69) is 45.5 Å². The summed E-state index contributed by atoms with van der Waals surface area (Å²) in [5, 5.41) is 17.8. The Morgan fingerprint density at radius 1 is 1.04 bits per heavy atom. The average molecular weight is 663 g/mol. The van der Waals surface area contributed by atoms with Gasteiger partial charge in [-0.2, -0.15) is 0 Å². The SMILES string of the molecule is Cc1coc(C2CCCN2C(=O)c2cc(C(=O)NC(Cc3ccccc3)C(O)CNCc3cncc(C(C)C)c3)cc(-c3ncco3)c2)n1. The minimum absolute atomic E-state index is 0.237. The lowest BCUT2D eigenvalue weighted by atomic mass is 9.99. The van der Waals surface area contributed by atoms with Gasteiger partial charge in [0.15, 0.2) is 0 Å². The molecule has 1 fully saturated rings. The van der Waals surface area contributed by atoms with Crippen LogP contribution >= 0.6 is 0 Å². The van der Waals surface area contributed by atoms with Crippen LogP contribution in [0.1, 0.15) is 87.6 Å². The second-order valence-corrected chi connectivity index (χ2v) is 12.9. The van der Waals surface area contributed by atoms with Crippen LogP contribution < -0.4 is 10.6 Å². The van der Waals surface area contributed by atoms with Crippen LogP contribution in [0, 0.1) is 6.92 Å². The number of oxazole rings is 2. The number of likely N-dealkylation sites (tertiary alicyclic amines) is 1. The van der Waals surface area contributed by atoms with Gasteiger partial charge >= 0.3 is 0 Å². The smallest absolute Gasteiger partial charge is 0.254 e. The molecule has 6 rings (SSSR count). The highest BCUT2D eigenvalue weighted by Gasteiger charge is 2.34. The van der Waals surface area contributed by atoms with Gasteiger partial charge in [-0.3, -0.25) is 14.6 Å². The predicted octanol–water partition coefficient (Wildman–Crippen LogP) is 5.63. The van der Waals surface area contributed by atoms with Gasteiger partial charge in [0.2, 0.25) is 11.8 Å². The Labute approximate surface area is 285 Å². The van der Waals surface area contributed by atoms with E-state index in [0.29, 0.717) is 42.4 Å². The van der Waals surface area contributed by atoms with E-state index >= 15 is 0 Å². The first-order valence-electron chi connectivity index (χ1n) is 16.7. The number of nitrogens with zero attached hydrogens (tertiary/aromatic N) is 4. The zero-order chi connectivity index (χ0) is 34.3.